The number of halogens is 1. The number of benzene rings is 2. The minimum atomic E-state index is -0.378. The largest absolute Gasteiger partial charge is 0.357 e. The molecule has 2 aromatic rings. The van der Waals surface area contributed by atoms with E-state index in [1.807, 2.05) is 30.3 Å². The monoisotopic (exact) mass is 334 g/mol. The number of hydrogen-bond acceptors (Lipinski definition) is 2. The summed E-state index contributed by atoms with van der Waals surface area (Å²) in [4.78, 5) is 0. The van der Waals surface area contributed by atoms with Gasteiger partial charge in [-0.1, -0.05) is 42.5 Å². The topological polar surface area (TPSA) is 48.1 Å². The van der Waals surface area contributed by atoms with Crippen LogP contribution < -0.4 is 21.5 Å². The van der Waals surface area contributed by atoms with Crippen molar-refractivity contribution < 1.29 is 4.39 Å². The fourth-order valence-electron chi connectivity index (χ4n) is 1.65. The average molecular weight is 334 g/mol. The Morgan fingerprint density at radius 3 is 2.23 bits per heavy atom. The molecule has 0 saturated heterocycles. The van der Waals surface area contributed by atoms with Gasteiger partial charge in [0, 0.05) is 6.54 Å². The normalized spacial score (nSPS) is 9.68. The SMILES string of the molecule is Fc1ccccc1NC(=S)NNC(=S)NCc1ccccc1. The Bertz CT molecular complexity index is 649. The number of rotatable bonds is 3. The third-order valence-electron chi connectivity index (χ3n) is 2.71. The Morgan fingerprint density at radius 2 is 1.50 bits per heavy atom. The number of para-hydroxylation sites is 1. The molecule has 4 N–H and O–H groups in total. The molecule has 2 aromatic carbocycles. The molecule has 0 bridgehead atoms. The van der Waals surface area contributed by atoms with Gasteiger partial charge in [0.15, 0.2) is 10.2 Å². The van der Waals surface area contributed by atoms with Crippen LogP contribution in [0.25, 0.3) is 0 Å². The standard InChI is InChI=1S/C15H15FN4S2/c16-12-8-4-5-9-13(12)18-15(22)20-19-14(21)17-10-11-6-2-1-3-7-11/h1-9H,10H2,(H2,17,19,21)(H2,18,20,22). The summed E-state index contributed by atoms with van der Waals surface area (Å²) in [6.45, 7) is 0.599. The van der Waals surface area contributed by atoms with Crippen LogP contribution in [0.1, 0.15) is 5.56 Å². The van der Waals surface area contributed by atoms with Gasteiger partial charge in [0.1, 0.15) is 5.82 Å². The van der Waals surface area contributed by atoms with Crippen LogP contribution in [-0.2, 0) is 6.54 Å². The molecule has 0 atom stereocenters. The van der Waals surface area contributed by atoms with E-state index in [4.69, 9.17) is 24.4 Å². The molecule has 0 aromatic heterocycles. The summed E-state index contributed by atoms with van der Waals surface area (Å²) in [6.07, 6.45) is 0. The van der Waals surface area contributed by atoms with E-state index in [-0.39, 0.29) is 10.9 Å². The van der Waals surface area contributed by atoms with Crippen molar-refractivity contribution in [3.05, 3.63) is 66.0 Å². The lowest BCUT2D eigenvalue weighted by Gasteiger charge is -2.14. The lowest BCUT2D eigenvalue weighted by molar-refractivity contribution is 0.632. The number of hydrogen-bond donors (Lipinski definition) is 4. The highest BCUT2D eigenvalue weighted by Crippen LogP contribution is 2.11. The van der Waals surface area contributed by atoms with Crippen LogP contribution >= 0.6 is 24.4 Å². The third kappa shape index (κ3) is 5.27. The van der Waals surface area contributed by atoms with Gasteiger partial charge in [-0.2, -0.15) is 0 Å². The molecular weight excluding hydrogens is 319 g/mol. The van der Waals surface area contributed by atoms with Crippen molar-refractivity contribution in [1.29, 1.82) is 0 Å². The fraction of sp³-hybridized carbons (Fsp3) is 0.0667. The molecule has 22 heavy (non-hydrogen) atoms. The van der Waals surface area contributed by atoms with Crippen LogP contribution in [0.2, 0.25) is 0 Å². The first-order valence-corrected chi connectivity index (χ1v) is 7.36. The smallest absolute Gasteiger partial charge is 0.189 e. The van der Waals surface area contributed by atoms with Crippen molar-refractivity contribution in [1.82, 2.24) is 16.2 Å². The molecule has 0 aliphatic rings. The maximum absolute atomic E-state index is 13.4. The van der Waals surface area contributed by atoms with Crippen molar-refractivity contribution >= 4 is 40.3 Å². The number of anilines is 1. The van der Waals surface area contributed by atoms with Gasteiger partial charge in [0.05, 0.1) is 5.69 Å². The molecule has 4 nitrogen and oxygen atoms in total. The Morgan fingerprint density at radius 1 is 0.864 bits per heavy atom. The summed E-state index contributed by atoms with van der Waals surface area (Å²) in [7, 11) is 0. The third-order valence-corrected chi connectivity index (χ3v) is 3.16. The Hall–Kier alpha value is -2.25. The van der Waals surface area contributed by atoms with Crippen LogP contribution in [0.3, 0.4) is 0 Å². The van der Waals surface area contributed by atoms with Gasteiger partial charge >= 0.3 is 0 Å². The summed E-state index contributed by atoms with van der Waals surface area (Å²) in [5, 5.41) is 6.37. The quantitative estimate of drug-likeness (QED) is 0.511. The minimum Gasteiger partial charge on any atom is -0.357 e. The molecule has 2 rings (SSSR count). The summed E-state index contributed by atoms with van der Waals surface area (Å²) in [5.74, 6) is -0.378. The zero-order valence-electron chi connectivity index (χ0n) is 11.6. The zero-order chi connectivity index (χ0) is 15.8. The first kappa shape index (κ1) is 16.1. The van der Waals surface area contributed by atoms with Gasteiger partial charge in [0.25, 0.3) is 0 Å². The highest BCUT2D eigenvalue weighted by atomic mass is 32.1. The fourth-order valence-corrected chi connectivity index (χ4v) is 1.94. The van der Waals surface area contributed by atoms with Gasteiger partial charge < -0.3 is 10.6 Å². The Kier molecular flexibility index (Phi) is 6.05. The molecule has 0 fully saturated rings. The van der Waals surface area contributed by atoms with E-state index in [0.717, 1.165) is 5.56 Å². The lowest BCUT2D eigenvalue weighted by atomic mass is 10.2. The van der Waals surface area contributed by atoms with Crippen molar-refractivity contribution in [3.63, 3.8) is 0 Å². The average Bonchev–Trinajstić information content (AvgIpc) is 2.54. The van der Waals surface area contributed by atoms with Crippen LogP contribution in [0.15, 0.2) is 54.6 Å². The Labute approximate surface area is 139 Å². The summed E-state index contributed by atoms with van der Waals surface area (Å²) >= 11 is 10.2. The second kappa shape index (κ2) is 8.26. The lowest BCUT2D eigenvalue weighted by Crippen LogP contribution is -2.48. The van der Waals surface area contributed by atoms with Crippen molar-refractivity contribution in [2.45, 2.75) is 6.54 Å². The molecule has 7 heteroatoms. The highest BCUT2D eigenvalue weighted by molar-refractivity contribution is 7.80. The van der Waals surface area contributed by atoms with Gasteiger partial charge in [-0.05, 0) is 42.1 Å². The van der Waals surface area contributed by atoms with Crippen LogP contribution in [0.5, 0.6) is 0 Å². The van der Waals surface area contributed by atoms with E-state index < -0.39 is 0 Å². The minimum absolute atomic E-state index is 0.217. The van der Waals surface area contributed by atoms with E-state index in [0.29, 0.717) is 17.3 Å². The number of thiocarbonyl (C=S) groups is 2. The summed E-state index contributed by atoms with van der Waals surface area (Å²) < 4.78 is 13.4. The first-order chi connectivity index (χ1) is 10.6. The van der Waals surface area contributed by atoms with Crippen molar-refractivity contribution in [2.24, 2.45) is 0 Å². The zero-order valence-corrected chi connectivity index (χ0v) is 13.2. The molecule has 0 aliphatic carbocycles. The summed E-state index contributed by atoms with van der Waals surface area (Å²) in [6, 6.07) is 16.1. The van der Waals surface area contributed by atoms with Crippen LogP contribution in [0.4, 0.5) is 10.1 Å². The van der Waals surface area contributed by atoms with Crippen molar-refractivity contribution in [3.8, 4) is 0 Å². The molecule has 0 heterocycles. The Balaban J connectivity index is 1.72. The van der Waals surface area contributed by atoms with E-state index >= 15 is 0 Å². The molecule has 0 radical (unpaired) electrons. The molecule has 114 valence electrons. The summed E-state index contributed by atoms with van der Waals surface area (Å²) in [5.41, 5.74) is 6.84. The van der Waals surface area contributed by atoms with Crippen molar-refractivity contribution in [2.75, 3.05) is 5.32 Å². The second-order valence-corrected chi connectivity index (χ2v) is 5.17. The van der Waals surface area contributed by atoms with Gasteiger partial charge in [-0.3, -0.25) is 10.9 Å². The molecule has 0 aliphatic heterocycles. The first-order valence-electron chi connectivity index (χ1n) is 6.54. The highest BCUT2D eigenvalue weighted by Gasteiger charge is 2.03. The van der Waals surface area contributed by atoms with Gasteiger partial charge in [0.2, 0.25) is 0 Å². The van der Waals surface area contributed by atoms with E-state index in [2.05, 4.69) is 21.5 Å². The molecule has 0 unspecified atom stereocenters. The number of nitrogens with one attached hydrogen (secondary N) is 4. The molecular formula is C15H15FN4S2. The van der Waals surface area contributed by atoms with E-state index in [1.54, 1.807) is 18.2 Å². The van der Waals surface area contributed by atoms with Gasteiger partial charge in [-0.25, -0.2) is 4.39 Å². The van der Waals surface area contributed by atoms with Crippen LogP contribution in [-0.4, -0.2) is 10.2 Å². The van der Waals surface area contributed by atoms with E-state index in [1.165, 1.54) is 6.07 Å². The maximum atomic E-state index is 13.4. The second-order valence-electron chi connectivity index (χ2n) is 4.35. The predicted octanol–water partition coefficient (Wildman–Crippen LogP) is 2.69. The molecule has 0 saturated carbocycles. The molecule has 0 amide bonds. The maximum Gasteiger partial charge on any atom is 0.189 e. The number of hydrazine groups is 1. The van der Waals surface area contributed by atoms with E-state index in [9.17, 15) is 4.39 Å². The van der Waals surface area contributed by atoms with Crippen LogP contribution in [0, 0.1) is 5.82 Å². The predicted molar refractivity (Wildman–Crippen MR) is 94.8 cm³/mol. The van der Waals surface area contributed by atoms with Gasteiger partial charge in [-0.15, -0.1) is 0 Å². The molecule has 0 spiro atoms.